The van der Waals surface area contributed by atoms with Gasteiger partial charge >= 0.3 is 6.09 Å². The molecule has 1 aromatic heterocycles. The van der Waals surface area contributed by atoms with Crippen LogP contribution < -0.4 is 10.6 Å². The Morgan fingerprint density at radius 1 is 1.19 bits per heavy atom. The molecule has 0 fully saturated rings. The summed E-state index contributed by atoms with van der Waals surface area (Å²) in [7, 11) is 0. The highest BCUT2D eigenvalue weighted by Gasteiger charge is 2.25. The van der Waals surface area contributed by atoms with Crippen LogP contribution in [0.25, 0.3) is 11.3 Å². The summed E-state index contributed by atoms with van der Waals surface area (Å²) in [6.45, 7) is 9.07. The fourth-order valence-corrected chi connectivity index (χ4v) is 2.38. The molecular weight excluding hydrogens is 370 g/mol. The summed E-state index contributed by atoms with van der Waals surface area (Å²) in [5.74, 6) is -0.373. The molecule has 0 aliphatic carbocycles. The molecule has 0 saturated heterocycles. The Bertz CT molecular complexity index is 824. The van der Waals surface area contributed by atoms with Gasteiger partial charge in [-0.3, -0.25) is 4.79 Å². The van der Waals surface area contributed by atoms with E-state index < -0.39 is 23.1 Å². The summed E-state index contributed by atoms with van der Waals surface area (Å²) in [4.78, 5) is 24.2. The zero-order valence-electron chi connectivity index (χ0n) is 16.1. The van der Waals surface area contributed by atoms with Crippen molar-refractivity contribution in [2.24, 2.45) is 0 Å². The van der Waals surface area contributed by atoms with E-state index in [4.69, 9.17) is 20.9 Å². The van der Waals surface area contributed by atoms with Crippen molar-refractivity contribution in [3.63, 3.8) is 0 Å². The number of hydrogen-bond acceptors (Lipinski definition) is 5. The summed E-state index contributed by atoms with van der Waals surface area (Å²) in [6, 6.07) is 8.63. The molecule has 2 aromatic rings. The third-order valence-corrected chi connectivity index (χ3v) is 3.61. The summed E-state index contributed by atoms with van der Waals surface area (Å²) in [5.41, 5.74) is -0.0612. The fraction of sp³-hybridized carbons (Fsp3) is 0.421. The molecule has 2 N–H and O–H groups in total. The van der Waals surface area contributed by atoms with Crippen LogP contribution in [0.1, 0.15) is 45.2 Å². The van der Waals surface area contributed by atoms with Crippen LogP contribution in [0.5, 0.6) is 0 Å². The van der Waals surface area contributed by atoms with Gasteiger partial charge in [0.2, 0.25) is 5.76 Å². The van der Waals surface area contributed by atoms with Gasteiger partial charge in [-0.15, -0.1) is 0 Å². The van der Waals surface area contributed by atoms with Crippen molar-refractivity contribution in [3.8, 4) is 11.3 Å². The molecular formula is C19H24ClN3O4. The van der Waals surface area contributed by atoms with Crippen LogP contribution in [0, 0.1) is 0 Å². The van der Waals surface area contributed by atoms with E-state index in [-0.39, 0.29) is 12.3 Å². The van der Waals surface area contributed by atoms with Gasteiger partial charge in [0, 0.05) is 23.2 Å². The molecule has 146 valence electrons. The molecule has 2 amide bonds. The van der Waals surface area contributed by atoms with Crippen LogP contribution in [0.2, 0.25) is 5.02 Å². The van der Waals surface area contributed by atoms with Gasteiger partial charge in [-0.05, 0) is 46.8 Å². The second-order valence-electron chi connectivity index (χ2n) is 7.78. The average Bonchev–Trinajstić information content (AvgIpc) is 3.01. The molecule has 0 spiro atoms. The van der Waals surface area contributed by atoms with Crippen molar-refractivity contribution in [3.05, 3.63) is 41.1 Å². The third kappa shape index (κ3) is 6.60. The standard InChI is InChI=1S/C19H24ClN3O4/c1-18(2,3)26-17(25)21-11-19(4,5)22-16(24)15-10-14(23-27-15)12-7-6-8-13(20)9-12/h6-10H,11H2,1-5H3,(H,21,25)(H,22,24). The van der Waals surface area contributed by atoms with Gasteiger partial charge in [-0.2, -0.15) is 0 Å². The summed E-state index contributed by atoms with van der Waals surface area (Å²) < 4.78 is 10.3. The summed E-state index contributed by atoms with van der Waals surface area (Å²) in [6.07, 6.45) is -0.548. The van der Waals surface area contributed by atoms with Crippen LogP contribution in [0.4, 0.5) is 4.79 Å². The Balaban J connectivity index is 1.97. The molecule has 0 radical (unpaired) electrons. The molecule has 1 heterocycles. The number of amides is 2. The van der Waals surface area contributed by atoms with E-state index in [0.717, 1.165) is 5.56 Å². The largest absolute Gasteiger partial charge is 0.444 e. The first-order valence-electron chi connectivity index (χ1n) is 8.47. The predicted octanol–water partition coefficient (Wildman–Crippen LogP) is 4.03. The van der Waals surface area contributed by atoms with Gasteiger partial charge in [0.15, 0.2) is 0 Å². The quantitative estimate of drug-likeness (QED) is 0.799. The molecule has 0 saturated carbocycles. The molecule has 2 rings (SSSR count). The number of carbonyl (C=O) groups is 2. The maximum Gasteiger partial charge on any atom is 0.407 e. The lowest BCUT2D eigenvalue weighted by Crippen LogP contribution is -2.52. The van der Waals surface area contributed by atoms with E-state index in [1.807, 2.05) is 6.07 Å². The number of ether oxygens (including phenoxy) is 1. The molecule has 0 unspecified atom stereocenters. The lowest BCUT2D eigenvalue weighted by molar-refractivity contribution is 0.0509. The maximum absolute atomic E-state index is 12.4. The first kappa shape index (κ1) is 20.8. The molecule has 0 aliphatic heterocycles. The minimum atomic E-state index is -0.725. The van der Waals surface area contributed by atoms with Crippen molar-refractivity contribution in [2.75, 3.05) is 6.54 Å². The number of aromatic nitrogens is 1. The Labute approximate surface area is 163 Å². The van der Waals surface area contributed by atoms with Crippen molar-refractivity contribution in [2.45, 2.75) is 45.8 Å². The number of nitrogens with one attached hydrogen (secondary N) is 2. The number of rotatable bonds is 5. The zero-order chi connectivity index (χ0) is 20.2. The Morgan fingerprint density at radius 3 is 2.52 bits per heavy atom. The number of alkyl carbamates (subject to hydrolysis) is 1. The minimum absolute atomic E-state index is 0.0651. The Kier molecular flexibility index (Phi) is 6.15. The Hall–Kier alpha value is -2.54. The first-order chi connectivity index (χ1) is 12.5. The van der Waals surface area contributed by atoms with Crippen LogP contribution >= 0.6 is 11.6 Å². The molecule has 8 heteroatoms. The molecule has 0 aliphatic rings. The van der Waals surface area contributed by atoms with E-state index in [2.05, 4.69) is 15.8 Å². The van der Waals surface area contributed by atoms with Gasteiger partial charge in [-0.1, -0.05) is 28.9 Å². The van der Waals surface area contributed by atoms with Crippen LogP contribution in [0.3, 0.4) is 0 Å². The van der Waals surface area contributed by atoms with E-state index in [0.29, 0.717) is 10.7 Å². The van der Waals surface area contributed by atoms with Gasteiger partial charge in [0.05, 0.1) is 5.54 Å². The number of nitrogens with zero attached hydrogens (tertiary/aromatic N) is 1. The maximum atomic E-state index is 12.4. The van der Waals surface area contributed by atoms with E-state index in [1.165, 1.54) is 0 Å². The van der Waals surface area contributed by atoms with Crippen LogP contribution in [-0.4, -0.2) is 34.8 Å². The lowest BCUT2D eigenvalue weighted by atomic mass is 10.1. The van der Waals surface area contributed by atoms with Gasteiger partial charge in [0.25, 0.3) is 5.91 Å². The van der Waals surface area contributed by atoms with Crippen LogP contribution in [0.15, 0.2) is 34.9 Å². The van der Waals surface area contributed by atoms with Crippen molar-refractivity contribution < 1.29 is 18.8 Å². The third-order valence-electron chi connectivity index (χ3n) is 3.38. The van der Waals surface area contributed by atoms with Gasteiger partial charge in [0.1, 0.15) is 11.3 Å². The second kappa shape index (κ2) is 8.00. The first-order valence-corrected chi connectivity index (χ1v) is 8.85. The molecule has 0 atom stereocenters. The topological polar surface area (TPSA) is 93.5 Å². The van der Waals surface area contributed by atoms with Crippen molar-refractivity contribution in [1.29, 1.82) is 0 Å². The summed E-state index contributed by atoms with van der Waals surface area (Å²) in [5, 5.41) is 9.91. The van der Waals surface area contributed by atoms with E-state index >= 15 is 0 Å². The van der Waals surface area contributed by atoms with E-state index in [1.54, 1.807) is 58.9 Å². The number of halogens is 1. The highest BCUT2D eigenvalue weighted by molar-refractivity contribution is 6.30. The van der Waals surface area contributed by atoms with Crippen LogP contribution in [-0.2, 0) is 4.74 Å². The summed E-state index contributed by atoms with van der Waals surface area (Å²) >= 11 is 5.97. The van der Waals surface area contributed by atoms with E-state index in [9.17, 15) is 9.59 Å². The monoisotopic (exact) mass is 393 g/mol. The molecule has 7 nitrogen and oxygen atoms in total. The number of hydrogen-bond donors (Lipinski definition) is 2. The van der Waals surface area contributed by atoms with Crippen molar-refractivity contribution >= 4 is 23.6 Å². The predicted molar refractivity (Wildman–Crippen MR) is 103 cm³/mol. The van der Waals surface area contributed by atoms with Gasteiger partial charge < -0.3 is 19.9 Å². The Morgan fingerprint density at radius 2 is 1.89 bits per heavy atom. The second-order valence-corrected chi connectivity index (χ2v) is 8.22. The lowest BCUT2D eigenvalue weighted by Gasteiger charge is -2.27. The highest BCUT2D eigenvalue weighted by Crippen LogP contribution is 2.22. The SMILES string of the molecule is CC(C)(CNC(=O)OC(C)(C)C)NC(=O)c1cc(-c2cccc(Cl)c2)no1. The minimum Gasteiger partial charge on any atom is -0.444 e. The zero-order valence-corrected chi connectivity index (χ0v) is 16.8. The van der Waals surface area contributed by atoms with Crippen molar-refractivity contribution in [1.82, 2.24) is 15.8 Å². The smallest absolute Gasteiger partial charge is 0.407 e. The average molecular weight is 394 g/mol. The van der Waals surface area contributed by atoms with Gasteiger partial charge in [-0.25, -0.2) is 4.79 Å². The fourth-order valence-electron chi connectivity index (χ4n) is 2.19. The molecule has 1 aromatic carbocycles. The number of carbonyl (C=O) groups excluding carboxylic acids is 2. The highest BCUT2D eigenvalue weighted by atomic mass is 35.5. The number of benzene rings is 1. The molecule has 27 heavy (non-hydrogen) atoms. The molecule has 0 bridgehead atoms. The normalized spacial score (nSPS) is 11.8.